The van der Waals surface area contributed by atoms with Crippen LogP contribution in [0.15, 0.2) is 52.1 Å². The van der Waals surface area contributed by atoms with Gasteiger partial charge < -0.3 is 9.47 Å². The predicted octanol–water partition coefficient (Wildman–Crippen LogP) is 2.38. The second kappa shape index (κ2) is 8.13. The Morgan fingerprint density at radius 2 is 2.00 bits per heavy atom. The fourth-order valence-electron chi connectivity index (χ4n) is 1.97. The van der Waals surface area contributed by atoms with E-state index in [9.17, 15) is 13.2 Å². The number of hydrogen-bond acceptors (Lipinski definition) is 6. The molecule has 0 unspecified atom stereocenters. The maximum Gasteiger partial charge on any atom is 0.265 e. The van der Waals surface area contributed by atoms with Crippen molar-refractivity contribution >= 4 is 37.9 Å². The van der Waals surface area contributed by atoms with Crippen molar-refractivity contribution in [3.63, 3.8) is 0 Å². The van der Waals surface area contributed by atoms with Gasteiger partial charge in [0.1, 0.15) is 4.90 Å². The fourth-order valence-corrected chi connectivity index (χ4v) is 3.42. The summed E-state index contributed by atoms with van der Waals surface area (Å²) in [6.45, 7) is 0. The highest BCUT2D eigenvalue weighted by Gasteiger charge is 2.17. The summed E-state index contributed by atoms with van der Waals surface area (Å²) in [6, 6.07) is 6.49. The number of nitrogens with zero attached hydrogens (tertiary/aromatic N) is 1. The van der Waals surface area contributed by atoms with Crippen LogP contribution in [0.25, 0.3) is 6.08 Å². The molecule has 0 aliphatic heterocycles. The molecule has 1 aromatic heterocycles. The van der Waals surface area contributed by atoms with Crippen LogP contribution in [0.1, 0.15) is 5.56 Å². The number of methoxy groups -OCH3 is 2. The van der Waals surface area contributed by atoms with Crippen LogP contribution < -0.4 is 14.2 Å². The Morgan fingerprint density at radius 1 is 1.24 bits per heavy atom. The lowest BCUT2D eigenvalue weighted by Crippen LogP contribution is -2.29. The highest BCUT2D eigenvalue weighted by molar-refractivity contribution is 9.10. The quantitative estimate of drug-likeness (QED) is 0.712. The van der Waals surface area contributed by atoms with Crippen molar-refractivity contribution in [2.75, 3.05) is 14.2 Å². The summed E-state index contributed by atoms with van der Waals surface area (Å²) >= 11 is 3.13. The lowest BCUT2D eigenvalue weighted by atomic mass is 10.1. The third-order valence-electron chi connectivity index (χ3n) is 3.07. The number of carbonyl (C=O) groups is 1. The minimum atomic E-state index is -4.01. The Bertz CT molecular complexity index is 912. The molecular formula is C16H15BrN2O5S. The number of benzene rings is 1. The van der Waals surface area contributed by atoms with Crippen LogP contribution in [0.5, 0.6) is 11.5 Å². The molecule has 1 N–H and O–H groups in total. The summed E-state index contributed by atoms with van der Waals surface area (Å²) in [5.41, 5.74) is 0.568. The van der Waals surface area contributed by atoms with Gasteiger partial charge in [-0.2, -0.15) is 0 Å². The maximum atomic E-state index is 12.2. The van der Waals surface area contributed by atoms with E-state index in [1.54, 1.807) is 18.2 Å². The Kier molecular flexibility index (Phi) is 6.16. The number of hydrogen-bond donors (Lipinski definition) is 1. The number of para-hydroxylation sites is 1. The van der Waals surface area contributed by atoms with Gasteiger partial charge >= 0.3 is 0 Å². The van der Waals surface area contributed by atoms with Crippen molar-refractivity contribution in [1.29, 1.82) is 0 Å². The van der Waals surface area contributed by atoms with Gasteiger partial charge in [0.05, 0.1) is 14.2 Å². The molecule has 2 rings (SSSR count). The topological polar surface area (TPSA) is 94.6 Å². The number of ether oxygens (including phenoxy) is 2. The van der Waals surface area contributed by atoms with Crippen LogP contribution in [-0.4, -0.2) is 33.5 Å². The van der Waals surface area contributed by atoms with E-state index < -0.39 is 15.9 Å². The molecule has 0 aliphatic rings. The number of carbonyl (C=O) groups excluding carboxylic acids is 1. The molecule has 0 bridgehead atoms. The third-order valence-corrected chi connectivity index (χ3v) is 4.82. The molecule has 0 saturated carbocycles. The predicted molar refractivity (Wildman–Crippen MR) is 95.8 cm³/mol. The van der Waals surface area contributed by atoms with E-state index in [1.807, 2.05) is 4.72 Å². The number of nitrogens with one attached hydrogen (secondary N) is 1. The first kappa shape index (κ1) is 18.9. The average Bonchev–Trinajstić information content (AvgIpc) is 2.59. The van der Waals surface area contributed by atoms with Crippen molar-refractivity contribution in [2.24, 2.45) is 0 Å². The average molecular weight is 427 g/mol. The number of amides is 1. The lowest BCUT2D eigenvalue weighted by molar-refractivity contribution is -0.114. The molecule has 132 valence electrons. The van der Waals surface area contributed by atoms with Crippen LogP contribution in [0.2, 0.25) is 0 Å². The summed E-state index contributed by atoms with van der Waals surface area (Å²) in [5, 5.41) is 0. The first-order valence-corrected chi connectivity index (χ1v) is 9.21. The molecule has 1 heterocycles. The molecule has 0 spiro atoms. The van der Waals surface area contributed by atoms with Gasteiger partial charge in [-0.15, -0.1) is 0 Å². The fraction of sp³-hybridized carbons (Fsp3) is 0.125. The molecule has 2 aromatic rings. The molecule has 9 heteroatoms. The minimum absolute atomic E-state index is 0.123. The standard InChI is InChI=1S/C16H15BrN2O5S/c1-23-14-5-3-4-11(16(14)24-2)6-7-15(20)19-25(21,22)13-8-12(17)9-18-10-13/h3-10H,1-2H3,(H,19,20)/b7-6+. The first-order chi connectivity index (χ1) is 11.9. The minimum Gasteiger partial charge on any atom is -0.493 e. The Balaban J connectivity index is 2.19. The van der Waals surface area contributed by atoms with E-state index in [4.69, 9.17) is 9.47 Å². The molecule has 0 aliphatic carbocycles. The van der Waals surface area contributed by atoms with Crippen LogP contribution in [0.3, 0.4) is 0 Å². The van der Waals surface area contributed by atoms with E-state index >= 15 is 0 Å². The van der Waals surface area contributed by atoms with Gasteiger partial charge in [-0.25, -0.2) is 13.1 Å². The SMILES string of the molecule is COc1cccc(/C=C/C(=O)NS(=O)(=O)c2cncc(Br)c2)c1OC. The second-order valence-electron chi connectivity index (χ2n) is 4.72. The summed E-state index contributed by atoms with van der Waals surface area (Å²) in [6.07, 6.45) is 5.12. The molecule has 1 aromatic carbocycles. The molecular weight excluding hydrogens is 412 g/mol. The van der Waals surface area contributed by atoms with Gasteiger partial charge in [-0.05, 0) is 34.1 Å². The van der Waals surface area contributed by atoms with Gasteiger partial charge in [-0.3, -0.25) is 9.78 Å². The highest BCUT2D eigenvalue weighted by atomic mass is 79.9. The summed E-state index contributed by atoms with van der Waals surface area (Å²) in [7, 11) is -1.05. The summed E-state index contributed by atoms with van der Waals surface area (Å²) < 4.78 is 37.2. The van der Waals surface area contributed by atoms with Crippen LogP contribution in [0.4, 0.5) is 0 Å². The van der Waals surface area contributed by atoms with E-state index in [-0.39, 0.29) is 4.90 Å². The van der Waals surface area contributed by atoms with E-state index in [0.717, 1.165) is 12.3 Å². The van der Waals surface area contributed by atoms with Crippen molar-refractivity contribution in [2.45, 2.75) is 4.90 Å². The maximum absolute atomic E-state index is 12.2. The number of pyridine rings is 1. The smallest absolute Gasteiger partial charge is 0.265 e. The molecule has 7 nitrogen and oxygen atoms in total. The Hall–Kier alpha value is -2.39. The van der Waals surface area contributed by atoms with Gasteiger partial charge in [-0.1, -0.05) is 12.1 Å². The molecule has 25 heavy (non-hydrogen) atoms. The van der Waals surface area contributed by atoms with Gasteiger partial charge in [0.25, 0.3) is 15.9 Å². The third kappa shape index (κ3) is 4.80. The van der Waals surface area contributed by atoms with Crippen molar-refractivity contribution in [3.8, 4) is 11.5 Å². The lowest BCUT2D eigenvalue weighted by Gasteiger charge is -2.09. The zero-order valence-corrected chi connectivity index (χ0v) is 15.8. The van der Waals surface area contributed by atoms with Gasteiger partial charge in [0.2, 0.25) is 0 Å². The van der Waals surface area contributed by atoms with Crippen molar-refractivity contribution < 1.29 is 22.7 Å². The van der Waals surface area contributed by atoms with E-state index in [0.29, 0.717) is 21.5 Å². The first-order valence-electron chi connectivity index (χ1n) is 6.94. The number of sulfonamides is 1. The van der Waals surface area contributed by atoms with Crippen LogP contribution in [0, 0.1) is 0 Å². The van der Waals surface area contributed by atoms with Crippen LogP contribution >= 0.6 is 15.9 Å². The molecule has 0 saturated heterocycles. The Morgan fingerprint density at radius 3 is 2.64 bits per heavy atom. The van der Waals surface area contributed by atoms with Gasteiger partial charge in [0.15, 0.2) is 11.5 Å². The number of rotatable bonds is 6. The van der Waals surface area contributed by atoms with Crippen LogP contribution in [-0.2, 0) is 14.8 Å². The molecule has 0 fully saturated rings. The second-order valence-corrected chi connectivity index (χ2v) is 7.32. The van der Waals surface area contributed by atoms with E-state index in [2.05, 4.69) is 20.9 Å². The molecule has 0 atom stereocenters. The number of halogens is 1. The van der Waals surface area contributed by atoms with Crippen molar-refractivity contribution in [1.82, 2.24) is 9.71 Å². The van der Waals surface area contributed by atoms with Crippen molar-refractivity contribution in [3.05, 3.63) is 52.8 Å². The monoisotopic (exact) mass is 426 g/mol. The largest absolute Gasteiger partial charge is 0.493 e. The summed E-state index contributed by atoms with van der Waals surface area (Å²) in [5.74, 6) is 0.135. The highest BCUT2D eigenvalue weighted by Crippen LogP contribution is 2.31. The zero-order valence-electron chi connectivity index (χ0n) is 13.4. The normalized spacial score (nSPS) is 11.3. The number of aromatic nitrogens is 1. The van der Waals surface area contributed by atoms with Gasteiger partial charge in [0, 0.05) is 28.5 Å². The summed E-state index contributed by atoms with van der Waals surface area (Å²) in [4.78, 5) is 15.6. The zero-order chi connectivity index (χ0) is 18.4. The van der Waals surface area contributed by atoms with E-state index in [1.165, 1.54) is 32.6 Å². The Labute approximate surface area is 153 Å². The molecule has 0 radical (unpaired) electrons. The molecule has 1 amide bonds.